The van der Waals surface area contributed by atoms with E-state index >= 15 is 0 Å². The number of carbonyl (C=O) groups excluding carboxylic acids is 3. The Morgan fingerprint density at radius 3 is 1.67 bits per heavy atom. The van der Waals surface area contributed by atoms with E-state index in [-0.39, 0.29) is 11.9 Å². The number of hydrogen-bond acceptors (Lipinski definition) is 9. The molecular weight excluding hydrogens is 586 g/mol. The number of carbonyl (C=O) groups is 3. The van der Waals surface area contributed by atoms with Gasteiger partial charge in [-0.2, -0.15) is 0 Å². The zero-order valence-electron chi connectivity index (χ0n) is 26.5. The Kier molecular flexibility index (Phi) is 16.2. The van der Waals surface area contributed by atoms with Crippen LogP contribution in [0.15, 0.2) is 90.4 Å². The number of unbranched alkanes of at least 4 members (excludes halogenated alkanes) is 6. The molecule has 0 heterocycles. The molecule has 0 amide bonds. The van der Waals surface area contributed by atoms with Crippen molar-refractivity contribution < 1.29 is 38.1 Å². The average Bonchev–Trinajstić information content (AvgIpc) is 3.07. The highest BCUT2D eigenvalue weighted by molar-refractivity contribution is 5.91. The van der Waals surface area contributed by atoms with Gasteiger partial charge in [-0.05, 0) is 130 Å². The lowest BCUT2D eigenvalue weighted by Crippen LogP contribution is -2.08. The molecule has 244 valence electrons. The summed E-state index contributed by atoms with van der Waals surface area (Å²) in [5, 5.41) is 0. The van der Waals surface area contributed by atoms with Gasteiger partial charge in [-0.1, -0.05) is 6.58 Å². The first-order valence-electron chi connectivity index (χ1n) is 15.7. The Balaban J connectivity index is 1.31. The van der Waals surface area contributed by atoms with E-state index in [4.69, 9.17) is 23.7 Å². The van der Waals surface area contributed by atoms with Gasteiger partial charge in [-0.3, -0.25) is 9.79 Å². The summed E-state index contributed by atoms with van der Waals surface area (Å²) in [7, 11) is 0. The maximum Gasteiger partial charge on any atom is 0.343 e. The molecule has 0 radical (unpaired) electrons. The van der Waals surface area contributed by atoms with Crippen LogP contribution in [0.5, 0.6) is 17.2 Å². The number of hydrogen-bond donors (Lipinski definition) is 0. The van der Waals surface area contributed by atoms with Gasteiger partial charge < -0.3 is 23.7 Å². The van der Waals surface area contributed by atoms with Crippen molar-refractivity contribution in [3.8, 4) is 17.2 Å². The number of esters is 3. The minimum absolute atomic E-state index is 0.246. The van der Waals surface area contributed by atoms with E-state index in [9.17, 15) is 14.4 Å². The minimum Gasteiger partial charge on any atom is -0.494 e. The average molecular weight is 630 g/mol. The quantitative estimate of drug-likeness (QED) is 0.0386. The summed E-state index contributed by atoms with van der Waals surface area (Å²) in [6.45, 7) is 6.87. The Bertz CT molecular complexity index is 1380. The highest BCUT2D eigenvalue weighted by Crippen LogP contribution is 2.21. The van der Waals surface area contributed by atoms with E-state index in [2.05, 4.69) is 11.6 Å². The predicted octanol–water partition coefficient (Wildman–Crippen LogP) is 7.83. The van der Waals surface area contributed by atoms with Gasteiger partial charge in [0.2, 0.25) is 0 Å². The first kappa shape index (κ1) is 35.6. The molecule has 0 unspecified atom stereocenters. The third-order valence-corrected chi connectivity index (χ3v) is 6.71. The van der Waals surface area contributed by atoms with E-state index in [1.54, 1.807) is 54.7 Å². The van der Waals surface area contributed by atoms with Crippen LogP contribution in [0.4, 0.5) is 5.69 Å². The number of ether oxygens (including phenoxy) is 5. The number of nitrogens with zero attached hydrogens (tertiary/aromatic N) is 1. The Hall–Kier alpha value is -4.92. The molecule has 0 saturated carbocycles. The molecule has 46 heavy (non-hydrogen) atoms. The fourth-order valence-electron chi connectivity index (χ4n) is 4.20. The molecule has 0 aromatic heterocycles. The number of benzene rings is 3. The molecule has 9 heteroatoms. The lowest BCUT2D eigenvalue weighted by Gasteiger charge is -2.08. The largest absolute Gasteiger partial charge is 0.494 e. The van der Waals surface area contributed by atoms with Crippen LogP contribution in [0.1, 0.15) is 74.2 Å². The van der Waals surface area contributed by atoms with Crippen LogP contribution in [0.3, 0.4) is 0 Å². The fraction of sp³-hybridized carbons (Fsp3) is 0.351. The molecule has 3 aromatic carbocycles. The Labute approximate surface area is 271 Å². The molecule has 3 aromatic rings. The summed E-state index contributed by atoms with van der Waals surface area (Å²) in [6.07, 6.45) is 10.4. The second-order valence-electron chi connectivity index (χ2n) is 10.5. The van der Waals surface area contributed by atoms with Crippen molar-refractivity contribution in [3.05, 3.63) is 96.6 Å². The summed E-state index contributed by atoms with van der Waals surface area (Å²) in [5.41, 5.74) is 2.09. The lowest BCUT2D eigenvalue weighted by molar-refractivity contribution is -0.141. The van der Waals surface area contributed by atoms with E-state index in [1.165, 1.54) is 13.0 Å². The highest BCUT2D eigenvalue weighted by atomic mass is 16.5. The first-order valence-corrected chi connectivity index (χ1v) is 15.7. The molecule has 0 spiro atoms. The van der Waals surface area contributed by atoms with E-state index < -0.39 is 5.97 Å². The second-order valence-corrected chi connectivity index (χ2v) is 10.5. The maximum atomic E-state index is 12.6. The van der Waals surface area contributed by atoms with Crippen LogP contribution in [0.25, 0.3) is 0 Å². The predicted molar refractivity (Wildman–Crippen MR) is 177 cm³/mol. The van der Waals surface area contributed by atoms with E-state index in [0.29, 0.717) is 43.5 Å². The van der Waals surface area contributed by atoms with Crippen LogP contribution in [0, 0.1) is 0 Å². The van der Waals surface area contributed by atoms with Crippen LogP contribution in [-0.2, 0) is 19.1 Å². The maximum absolute atomic E-state index is 12.6. The smallest absolute Gasteiger partial charge is 0.343 e. The van der Waals surface area contributed by atoms with Crippen LogP contribution >= 0.6 is 0 Å². The van der Waals surface area contributed by atoms with Gasteiger partial charge in [0.05, 0.1) is 37.7 Å². The Morgan fingerprint density at radius 2 is 1.13 bits per heavy atom. The van der Waals surface area contributed by atoms with E-state index in [1.807, 2.05) is 24.3 Å². The molecular formula is C37H43NO8. The number of aliphatic imine (C=N–C) groups is 1. The standard InChI is InChI=1S/C37H43NO8/c1-3-36(40)45-27-11-7-6-10-25-43-33-18-12-30(13-19-33)28-38-32-16-22-35(23-17-32)46-37(41)31-14-20-34(21-15-31)44-26-9-5-4-8-24-42-29(2)39/h3,12-23,28H,1,4-11,24-27H2,2H3. The highest BCUT2D eigenvalue weighted by Gasteiger charge is 2.09. The van der Waals surface area contributed by atoms with Gasteiger partial charge in [0.1, 0.15) is 17.2 Å². The summed E-state index contributed by atoms with van der Waals surface area (Å²) >= 11 is 0. The monoisotopic (exact) mass is 629 g/mol. The van der Waals surface area contributed by atoms with Gasteiger partial charge in [-0.25, -0.2) is 9.59 Å². The molecule has 0 N–H and O–H groups in total. The molecule has 0 bridgehead atoms. The van der Waals surface area contributed by atoms with Crippen molar-refractivity contribution in [1.29, 1.82) is 0 Å². The van der Waals surface area contributed by atoms with Crippen molar-refractivity contribution in [2.75, 3.05) is 26.4 Å². The van der Waals surface area contributed by atoms with E-state index in [0.717, 1.165) is 68.4 Å². The summed E-state index contributed by atoms with van der Waals surface area (Å²) in [4.78, 5) is 38.8. The summed E-state index contributed by atoms with van der Waals surface area (Å²) < 4.78 is 26.9. The minimum atomic E-state index is -0.454. The van der Waals surface area contributed by atoms with Gasteiger partial charge >= 0.3 is 17.9 Å². The van der Waals surface area contributed by atoms with Crippen molar-refractivity contribution in [2.24, 2.45) is 4.99 Å². The van der Waals surface area contributed by atoms with Crippen LogP contribution in [-0.4, -0.2) is 50.6 Å². The summed E-state index contributed by atoms with van der Waals surface area (Å²) in [6, 6.07) is 21.6. The lowest BCUT2D eigenvalue weighted by atomic mass is 10.2. The van der Waals surface area contributed by atoms with Crippen LogP contribution < -0.4 is 14.2 Å². The zero-order valence-corrected chi connectivity index (χ0v) is 26.5. The van der Waals surface area contributed by atoms with Gasteiger partial charge in [0.25, 0.3) is 0 Å². The zero-order chi connectivity index (χ0) is 32.8. The van der Waals surface area contributed by atoms with Gasteiger partial charge in [-0.15, -0.1) is 0 Å². The Morgan fingerprint density at radius 1 is 0.630 bits per heavy atom. The molecule has 0 saturated heterocycles. The van der Waals surface area contributed by atoms with Gasteiger partial charge in [0.15, 0.2) is 0 Å². The SMILES string of the molecule is C=CC(=O)OCCCCCCOc1ccc(C=Nc2ccc(OC(=O)c3ccc(OCCCCCCOC(C)=O)cc3)cc2)cc1. The molecule has 9 nitrogen and oxygen atoms in total. The van der Waals surface area contributed by atoms with Gasteiger partial charge in [0, 0.05) is 19.2 Å². The normalized spacial score (nSPS) is 10.7. The molecule has 0 aliphatic heterocycles. The second kappa shape index (κ2) is 20.9. The topological polar surface area (TPSA) is 110 Å². The number of rotatable bonds is 21. The molecule has 0 aliphatic rings. The molecule has 0 atom stereocenters. The fourth-order valence-corrected chi connectivity index (χ4v) is 4.20. The third-order valence-electron chi connectivity index (χ3n) is 6.71. The van der Waals surface area contributed by atoms with Crippen LogP contribution in [0.2, 0.25) is 0 Å². The van der Waals surface area contributed by atoms with Crippen molar-refractivity contribution in [3.63, 3.8) is 0 Å². The first-order chi connectivity index (χ1) is 22.4. The molecule has 3 rings (SSSR count). The third kappa shape index (κ3) is 14.7. The summed E-state index contributed by atoms with van der Waals surface area (Å²) in [5.74, 6) is 0.832. The molecule has 0 aliphatic carbocycles. The van der Waals surface area contributed by atoms with Crippen molar-refractivity contribution in [1.82, 2.24) is 0 Å². The van der Waals surface area contributed by atoms with Crippen molar-refractivity contribution in [2.45, 2.75) is 58.3 Å². The molecule has 0 fully saturated rings. The van der Waals surface area contributed by atoms with Crippen molar-refractivity contribution >= 4 is 29.8 Å².